The number of hydrogen-bond donors (Lipinski definition) is 1. The van der Waals surface area contributed by atoms with Gasteiger partial charge in [-0.15, -0.1) is 0 Å². The summed E-state index contributed by atoms with van der Waals surface area (Å²) in [5, 5.41) is 2.92. The molecule has 0 saturated carbocycles. The predicted molar refractivity (Wildman–Crippen MR) is 86.3 cm³/mol. The first-order valence-corrected chi connectivity index (χ1v) is 8.07. The van der Waals surface area contributed by atoms with Crippen LogP contribution in [0.15, 0.2) is 42.5 Å². The standard InChI is InChI=1S/C18H22N2O2/c21-17(19-15-10-5-2-6-11-15)16-12-7-13-20(16)18(22)14-8-3-1-4-9-14/h1-3,5-6,10-11,14,16H,4,7-9,12-13H2,(H,19,21). The molecule has 116 valence electrons. The van der Waals surface area contributed by atoms with Crippen molar-refractivity contribution in [1.29, 1.82) is 0 Å². The van der Waals surface area contributed by atoms with Crippen LogP contribution in [0.25, 0.3) is 0 Å². The van der Waals surface area contributed by atoms with Crippen LogP contribution >= 0.6 is 0 Å². The van der Waals surface area contributed by atoms with Crippen LogP contribution in [0.4, 0.5) is 5.69 Å². The Balaban J connectivity index is 1.66. The van der Waals surface area contributed by atoms with E-state index in [0.29, 0.717) is 6.54 Å². The van der Waals surface area contributed by atoms with Crippen molar-refractivity contribution < 1.29 is 9.59 Å². The molecule has 4 nitrogen and oxygen atoms in total. The Hall–Kier alpha value is -2.10. The molecule has 1 N–H and O–H groups in total. The molecular weight excluding hydrogens is 276 g/mol. The lowest BCUT2D eigenvalue weighted by atomic mass is 9.93. The van der Waals surface area contributed by atoms with E-state index < -0.39 is 0 Å². The molecule has 1 fully saturated rings. The van der Waals surface area contributed by atoms with Crippen molar-refractivity contribution in [2.45, 2.75) is 38.1 Å². The number of para-hydroxylation sites is 1. The first kappa shape index (κ1) is 14.8. The third kappa shape index (κ3) is 3.21. The average Bonchev–Trinajstić information content (AvgIpc) is 3.05. The highest BCUT2D eigenvalue weighted by Gasteiger charge is 2.36. The maximum atomic E-state index is 12.7. The molecule has 0 aromatic heterocycles. The minimum absolute atomic E-state index is 0.0510. The van der Waals surface area contributed by atoms with E-state index in [1.54, 1.807) is 4.90 Å². The molecule has 0 spiro atoms. The Morgan fingerprint density at radius 1 is 1.09 bits per heavy atom. The molecule has 22 heavy (non-hydrogen) atoms. The predicted octanol–water partition coefficient (Wildman–Crippen LogP) is 2.97. The van der Waals surface area contributed by atoms with Crippen LogP contribution in [0.3, 0.4) is 0 Å². The number of likely N-dealkylation sites (tertiary alicyclic amines) is 1. The number of nitrogens with zero attached hydrogens (tertiary/aromatic N) is 1. The van der Waals surface area contributed by atoms with E-state index in [1.807, 2.05) is 30.3 Å². The van der Waals surface area contributed by atoms with Gasteiger partial charge in [0.1, 0.15) is 6.04 Å². The fraction of sp³-hybridized carbons (Fsp3) is 0.444. The molecule has 2 atom stereocenters. The topological polar surface area (TPSA) is 49.4 Å². The van der Waals surface area contributed by atoms with Gasteiger partial charge >= 0.3 is 0 Å². The van der Waals surface area contributed by atoms with Crippen molar-refractivity contribution in [2.24, 2.45) is 5.92 Å². The highest BCUT2D eigenvalue weighted by atomic mass is 16.2. The summed E-state index contributed by atoms with van der Waals surface area (Å²) in [7, 11) is 0. The largest absolute Gasteiger partial charge is 0.330 e. The normalized spacial score (nSPS) is 24.3. The Labute approximate surface area is 131 Å². The molecule has 0 radical (unpaired) electrons. The van der Waals surface area contributed by atoms with Gasteiger partial charge in [-0.3, -0.25) is 9.59 Å². The first-order valence-electron chi connectivity index (χ1n) is 8.07. The van der Waals surface area contributed by atoms with E-state index in [0.717, 1.165) is 37.8 Å². The summed E-state index contributed by atoms with van der Waals surface area (Å²) >= 11 is 0. The Kier molecular flexibility index (Phi) is 4.56. The number of nitrogens with one attached hydrogen (secondary N) is 1. The summed E-state index contributed by atoms with van der Waals surface area (Å²) in [6.45, 7) is 0.700. The number of carbonyl (C=O) groups is 2. The van der Waals surface area contributed by atoms with E-state index in [1.165, 1.54) is 0 Å². The molecule has 1 aromatic carbocycles. The van der Waals surface area contributed by atoms with Crippen LogP contribution in [0, 0.1) is 5.92 Å². The number of amides is 2. The van der Waals surface area contributed by atoms with E-state index in [9.17, 15) is 9.59 Å². The van der Waals surface area contributed by atoms with Gasteiger partial charge in [0, 0.05) is 18.2 Å². The quantitative estimate of drug-likeness (QED) is 0.872. The van der Waals surface area contributed by atoms with Gasteiger partial charge in [0.25, 0.3) is 0 Å². The Morgan fingerprint density at radius 2 is 1.91 bits per heavy atom. The second kappa shape index (κ2) is 6.77. The van der Waals surface area contributed by atoms with Crippen LogP contribution in [-0.2, 0) is 9.59 Å². The van der Waals surface area contributed by atoms with E-state index in [4.69, 9.17) is 0 Å². The monoisotopic (exact) mass is 298 g/mol. The summed E-state index contributed by atoms with van der Waals surface area (Å²) in [6, 6.07) is 9.11. The number of allylic oxidation sites excluding steroid dienone is 2. The second-order valence-corrected chi connectivity index (χ2v) is 6.03. The molecule has 1 heterocycles. The third-order valence-corrected chi connectivity index (χ3v) is 4.50. The number of rotatable bonds is 3. The molecule has 3 rings (SSSR count). The van der Waals surface area contributed by atoms with Crippen molar-refractivity contribution in [3.63, 3.8) is 0 Å². The summed E-state index contributed by atoms with van der Waals surface area (Å²) in [5.74, 6) is 0.133. The molecule has 1 aromatic rings. The number of hydrogen-bond acceptors (Lipinski definition) is 2. The Morgan fingerprint density at radius 3 is 2.64 bits per heavy atom. The van der Waals surface area contributed by atoms with Gasteiger partial charge in [-0.2, -0.15) is 0 Å². The molecular formula is C18H22N2O2. The smallest absolute Gasteiger partial charge is 0.247 e. The van der Waals surface area contributed by atoms with Gasteiger partial charge in [-0.1, -0.05) is 30.4 Å². The first-order chi connectivity index (χ1) is 10.8. The lowest BCUT2D eigenvalue weighted by Gasteiger charge is -2.28. The minimum Gasteiger partial charge on any atom is -0.330 e. The average molecular weight is 298 g/mol. The molecule has 0 bridgehead atoms. The highest BCUT2D eigenvalue weighted by molar-refractivity contribution is 5.97. The number of anilines is 1. The van der Waals surface area contributed by atoms with E-state index >= 15 is 0 Å². The zero-order valence-corrected chi connectivity index (χ0v) is 12.7. The highest BCUT2D eigenvalue weighted by Crippen LogP contribution is 2.26. The molecule has 2 amide bonds. The minimum atomic E-state index is -0.321. The zero-order chi connectivity index (χ0) is 15.4. The van der Waals surface area contributed by atoms with Crippen molar-refractivity contribution >= 4 is 17.5 Å². The lowest BCUT2D eigenvalue weighted by Crippen LogP contribution is -2.45. The molecule has 2 aliphatic rings. The van der Waals surface area contributed by atoms with Gasteiger partial charge < -0.3 is 10.2 Å². The molecule has 1 aliphatic carbocycles. The van der Waals surface area contributed by atoms with Gasteiger partial charge in [-0.05, 0) is 44.2 Å². The van der Waals surface area contributed by atoms with Crippen molar-refractivity contribution in [3.8, 4) is 0 Å². The van der Waals surface area contributed by atoms with Crippen LogP contribution < -0.4 is 5.32 Å². The Bertz CT molecular complexity index is 568. The van der Waals surface area contributed by atoms with Crippen LogP contribution in [0.5, 0.6) is 0 Å². The summed E-state index contributed by atoms with van der Waals surface area (Å²) < 4.78 is 0. The van der Waals surface area contributed by atoms with Gasteiger partial charge in [-0.25, -0.2) is 0 Å². The van der Waals surface area contributed by atoms with E-state index in [-0.39, 0.29) is 23.8 Å². The number of benzene rings is 1. The SMILES string of the molecule is O=C(Nc1ccccc1)C1CCCN1C(=O)C1CC=CCC1. The number of carbonyl (C=O) groups excluding carboxylic acids is 2. The van der Waals surface area contributed by atoms with Crippen molar-refractivity contribution in [2.75, 3.05) is 11.9 Å². The maximum Gasteiger partial charge on any atom is 0.247 e. The molecule has 1 aliphatic heterocycles. The van der Waals surface area contributed by atoms with Crippen molar-refractivity contribution in [1.82, 2.24) is 4.90 Å². The fourth-order valence-electron chi connectivity index (χ4n) is 3.30. The van der Waals surface area contributed by atoms with Crippen LogP contribution in [0.2, 0.25) is 0 Å². The molecule has 4 heteroatoms. The van der Waals surface area contributed by atoms with Crippen LogP contribution in [-0.4, -0.2) is 29.3 Å². The zero-order valence-electron chi connectivity index (χ0n) is 12.7. The lowest BCUT2D eigenvalue weighted by molar-refractivity contribution is -0.140. The summed E-state index contributed by atoms with van der Waals surface area (Å²) in [5.41, 5.74) is 0.785. The third-order valence-electron chi connectivity index (χ3n) is 4.50. The molecule has 2 unspecified atom stereocenters. The van der Waals surface area contributed by atoms with Crippen molar-refractivity contribution in [3.05, 3.63) is 42.5 Å². The van der Waals surface area contributed by atoms with Gasteiger partial charge in [0.2, 0.25) is 11.8 Å². The summed E-state index contributed by atoms with van der Waals surface area (Å²) in [6.07, 6.45) is 8.55. The molecule has 1 saturated heterocycles. The van der Waals surface area contributed by atoms with E-state index in [2.05, 4.69) is 17.5 Å². The van der Waals surface area contributed by atoms with Gasteiger partial charge in [0.05, 0.1) is 0 Å². The fourth-order valence-corrected chi connectivity index (χ4v) is 3.30. The van der Waals surface area contributed by atoms with Gasteiger partial charge in [0.15, 0.2) is 0 Å². The van der Waals surface area contributed by atoms with Crippen LogP contribution in [0.1, 0.15) is 32.1 Å². The summed E-state index contributed by atoms with van der Waals surface area (Å²) in [4.78, 5) is 27.0. The maximum absolute atomic E-state index is 12.7. The second-order valence-electron chi connectivity index (χ2n) is 6.03.